The number of benzene rings is 9. The number of carbonyl (C=O) groups excluding carboxylic acids is 6. The molecule has 0 radical (unpaired) electrons. The molecular formula is C97H130N4O26Si4. The fourth-order valence-corrected chi connectivity index (χ4v) is 25.0. The molecule has 2 aliphatic rings. The summed E-state index contributed by atoms with van der Waals surface area (Å²) in [4.78, 5) is 106. The van der Waals surface area contributed by atoms with Crippen LogP contribution in [0.2, 0.25) is 6.04 Å². The third-order valence-electron chi connectivity index (χ3n) is 22.2. The van der Waals surface area contributed by atoms with Crippen molar-refractivity contribution in [1.82, 2.24) is 19.6 Å². The molecule has 2 unspecified atom stereocenters. The molecule has 710 valence electrons. The Kier molecular flexibility index (Phi) is 38.5. The van der Waals surface area contributed by atoms with Crippen molar-refractivity contribution in [2.45, 2.75) is 149 Å². The van der Waals surface area contributed by atoms with Gasteiger partial charge in [0, 0.05) is 161 Å². The summed E-state index contributed by atoms with van der Waals surface area (Å²) in [6.07, 6.45) is 0.972. The summed E-state index contributed by atoms with van der Waals surface area (Å²) < 4.78 is 129. The Bertz CT molecular complexity index is 4840. The van der Waals surface area contributed by atoms with E-state index in [0.29, 0.717) is 115 Å². The Morgan fingerprint density at radius 1 is 0.321 bits per heavy atom. The highest BCUT2D eigenvalue weighted by Gasteiger charge is 2.50. The molecule has 0 N–H and O–H groups in total. The van der Waals surface area contributed by atoms with Crippen molar-refractivity contribution in [2.24, 2.45) is 0 Å². The van der Waals surface area contributed by atoms with Gasteiger partial charge >= 0.3 is 35.7 Å². The predicted molar refractivity (Wildman–Crippen MR) is 506 cm³/mol. The standard InChI is InChI=1S/C97H130N4O26Si4/c1-18-108-61-78(96(106)98(49-31-32-56-129(115-22-5,116-23-6)117-24-7)51-54-111-64-130(118-25-8,119-26-9)120-27-10)100-92(102)74-57-80(124-70-41-33-66(14)34-42-70)86-88-82(126-72-45-37-68(16)38-46-72)59-76-85-77(60-83(127-73-47-39-69(17)40-48-73)89(91(85)88)87-81(125-71-43-35-67(15)36-44-71)58-75(93(100)103)84(74)90(86)87)95(105)101(94(76)104)79(62-109-19-2)97(107)99(50-53-110-63-128(113-20-3)114-21-4)52-55-112-65-131(121-28-11,122-29-12)123-30-13/h33-48,57-60,78-79,128H,18-32,49-56,61-65H2,1-17H3. The smallest absolute Gasteiger partial charge is 0.457 e. The molecule has 2 heterocycles. The number of hydrogen-bond donors (Lipinski definition) is 0. The van der Waals surface area contributed by atoms with Gasteiger partial charge in [0.25, 0.3) is 23.6 Å². The topological polar surface area (TPSA) is 300 Å². The summed E-state index contributed by atoms with van der Waals surface area (Å²) in [7, 11) is -12.3. The van der Waals surface area contributed by atoms with Crippen LogP contribution in [0.15, 0.2) is 121 Å². The summed E-state index contributed by atoms with van der Waals surface area (Å²) in [5.41, 5.74) is 3.34. The first-order valence-electron chi connectivity index (χ1n) is 46.0. The lowest BCUT2D eigenvalue weighted by molar-refractivity contribution is -0.139. The molecule has 0 saturated carbocycles. The van der Waals surface area contributed by atoms with Crippen LogP contribution >= 0.6 is 0 Å². The minimum absolute atomic E-state index is 0.0117. The lowest BCUT2D eigenvalue weighted by atomic mass is 9.80. The van der Waals surface area contributed by atoms with E-state index in [-0.39, 0.29) is 166 Å². The van der Waals surface area contributed by atoms with Crippen molar-refractivity contribution in [3.8, 4) is 46.0 Å². The molecule has 11 rings (SSSR count). The zero-order valence-electron chi connectivity index (χ0n) is 79.0. The van der Waals surface area contributed by atoms with E-state index in [9.17, 15) is 0 Å². The zero-order chi connectivity index (χ0) is 93.9. The van der Waals surface area contributed by atoms with Gasteiger partial charge in [0.2, 0.25) is 11.8 Å². The lowest BCUT2D eigenvalue weighted by Crippen LogP contribution is -2.57. The number of unbranched alkanes of at least 4 members (excludes halogenated alkanes) is 1. The molecule has 9 aromatic rings. The molecule has 9 aromatic carbocycles. The van der Waals surface area contributed by atoms with Gasteiger partial charge in [-0.05, 0) is 203 Å². The van der Waals surface area contributed by atoms with Crippen LogP contribution in [0, 0.1) is 27.7 Å². The van der Waals surface area contributed by atoms with Gasteiger partial charge in [-0.25, -0.2) is 0 Å². The highest BCUT2D eigenvalue weighted by Crippen LogP contribution is 2.58. The van der Waals surface area contributed by atoms with E-state index in [4.69, 9.17) is 91.3 Å². The SMILES string of the molecule is CCOCC(C(=O)N(CCCC[Si](OCC)(OCC)OCC)CCOC[Si](OCC)(OCC)OCC)N1C(=O)c2cc(Oc3ccc(C)cc3)c3c4c(Oc5ccc(C)cc5)cc5c6c(cc(Oc7ccc(C)cc7)c(c7c(Oc8ccc(C)cc8)cc(c2c37)C1=O)c64)C(=O)N(C(COCC)C(=O)N(CCOC[SiH](OCC)OCC)CCOC[Si](OCC)(OCC)OCC)C5=O. The number of hydrogen-bond acceptors (Lipinski definition) is 26. The van der Waals surface area contributed by atoms with Crippen molar-refractivity contribution in [3.63, 3.8) is 0 Å². The molecule has 6 amide bonds. The number of carbonyl (C=O) groups is 6. The molecule has 0 saturated heterocycles. The van der Waals surface area contributed by atoms with E-state index >= 15 is 28.8 Å². The van der Waals surface area contributed by atoms with Crippen molar-refractivity contribution in [2.75, 3.05) is 164 Å². The highest BCUT2D eigenvalue weighted by molar-refractivity contribution is 6.61. The highest BCUT2D eigenvalue weighted by atomic mass is 28.4. The fourth-order valence-electron chi connectivity index (χ4n) is 16.5. The van der Waals surface area contributed by atoms with E-state index in [1.807, 2.05) is 152 Å². The van der Waals surface area contributed by atoms with Crippen LogP contribution in [-0.2, 0) is 82.0 Å². The molecule has 30 nitrogen and oxygen atoms in total. The maximum absolute atomic E-state index is 17.0. The van der Waals surface area contributed by atoms with Gasteiger partial charge in [-0.3, -0.25) is 38.6 Å². The first kappa shape index (κ1) is 102. The third kappa shape index (κ3) is 24.6. The molecule has 2 aliphatic heterocycles. The van der Waals surface area contributed by atoms with Crippen molar-refractivity contribution in [1.29, 1.82) is 0 Å². The van der Waals surface area contributed by atoms with E-state index in [2.05, 4.69) is 0 Å². The Morgan fingerprint density at radius 2 is 0.595 bits per heavy atom. The first-order chi connectivity index (χ1) is 63.4. The molecule has 0 bridgehead atoms. The van der Waals surface area contributed by atoms with Crippen molar-refractivity contribution in [3.05, 3.63) is 166 Å². The normalized spacial score (nSPS) is 13.6. The van der Waals surface area contributed by atoms with Gasteiger partial charge in [-0.1, -0.05) is 70.8 Å². The molecule has 131 heavy (non-hydrogen) atoms. The number of ether oxygens (including phenoxy) is 9. The maximum Gasteiger partial charge on any atom is 0.528 e. The van der Waals surface area contributed by atoms with Crippen LogP contribution in [0.5, 0.6) is 46.0 Å². The van der Waals surface area contributed by atoms with Crippen LogP contribution in [-0.4, -0.2) is 267 Å². The zero-order valence-corrected chi connectivity index (χ0v) is 83.1. The number of amides is 6. The van der Waals surface area contributed by atoms with Crippen LogP contribution in [0.1, 0.15) is 167 Å². The van der Waals surface area contributed by atoms with Gasteiger partial charge < -0.3 is 101 Å². The molecule has 2 atom stereocenters. The van der Waals surface area contributed by atoms with Gasteiger partial charge in [-0.2, -0.15) is 0 Å². The van der Waals surface area contributed by atoms with Gasteiger partial charge in [-0.15, -0.1) is 0 Å². The number of imide groups is 2. The van der Waals surface area contributed by atoms with Gasteiger partial charge in [0.15, 0.2) is 0 Å². The average Bonchev–Trinajstić information content (AvgIpc) is 0.669. The second kappa shape index (κ2) is 49.2. The molecule has 34 heteroatoms. The number of fused-ring (bicyclic) bond motifs is 2. The first-order valence-corrected chi connectivity index (χ1v) is 53.6. The molecule has 0 aromatic heterocycles. The molecule has 0 fully saturated rings. The third-order valence-corrected chi connectivity index (χ3v) is 32.8. The van der Waals surface area contributed by atoms with Crippen LogP contribution in [0.4, 0.5) is 0 Å². The lowest BCUT2D eigenvalue weighted by Gasteiger charge is -2.37. The largest absolute Gasteiger partial charge is 0.528 e. The molecule has 0 aliphatic carbocycles. The second-order valence-electron chi connectivity index (χ2n) is 31.2. The van der Waals surface area contributed by atoms with Crippen LogP contribution in [0.25, 0.3) is 43.1 Å². The Balaban J connectivity index is 1.18. The van der Waals surface area contributed by atoms with E-state index in [1.54, 1.807) is 91.5 Å². The number of aryl methyl sites for hydroxylation is 4. The summed E-state index contributed by atoms with van der Waals surface area (Å²) in [6, 6.07) is 32.6. The Hall–Kier alpha value is -9.07. The fraction of sp³-hybridized carbons (Fsp3) is 0.485. The number of rotatable bonds is 60. The van der Waals surface area contributed by atoms with Crippen molar-refractivity contribution >= 4 is 114 Å². The summed E-state index contributed by atoms with van der Waals surface area (Å²) in [5.74, 6) is -3.47. The second-order valence-corrected chi connectivity index (χ2v) is 40.9. The summed E-state index contributed by atoms with van der Waals surface area (Å²) in [5, 5.41) is 1.64. The maximum atomic E-state index is 17.0. The van der Waals surface area contributed by atoms with Crippen LogP contribution < -0.4 is 18.9 Å². The quantitative estimate of drug-likeness (QED) is 0.0112. The van der Waals surface area contributed by atoms with Gasteiger partial charge in [0.05, 0.1) is 61.5 Å². The monoisotopic (exact) mass is 1880 g/mol. The van der Waals surface area contributed by atoms with E-state index in [1.165, 1.54) is 4.90 Å². The number of nitrogens with zero attached hydrogens (tertiary/aromatic N) is 4. The summed E-state index contributed by atoms with van der Waals surface area (Å²) >= 11 is 0. The minimum atomic E-state index is -3.39. The van der Waals surface area contributed by atoms with Crippen LogP contribution in [0.3, 0.4) is 0 Å². The summed E-state index contributed by atoms with van der Waals surface area (Å²) in [6.45, 7) is 34.5. The molecule has 0 spiro atoms. The average molecular weight is 1880 g/mol. The van der Waals surface area contributed by atoms with E-state index < -0.39 is 96.4 Å². The van der Waals surface area contributed by atoms with Crippen molar-refractivity contribution < 1.29 is 120 Å². The minimum Gasteiger partial charge on any atom is -0.457 e. The predicted octanol–water partition coefficient (Wildman–Crippen LogP) is 16.7. The Labute approximate surface area is 773 Å². The Morgan fingerprint density at radius 3 is 0.870 bits per heavy atom. The van der Waals surface area contributed by atoms with Gasteiger partial charge in [0.1, 0.15) is 70.5 Å². The molecular weight excluding hydrogens is 1750 g/mol. The van der Waals surface area contributed by atoms with E-state index in [0.717, 1.165) is 32.1 Å².